The standard InChI is InChI=1S/C14H17NO4/c1-17-12-6-10(7-13(8-12)18-2)14-9-11(19-15-14)4-3-5-16/h6-9,16H,3-5H2,1-2H3. The van der Waals surface area contributed by atoms with E-state index in [1.807, 2.05) is 18.2 Å². The van der Waals surface area contributed by atoms with Crippen LogP contribution in [0.2, 0.25) is 0 Å². The van der Waals surface area contributed by atoms with Gasteiger partial charge in [-0.15, -0.1) is 0 Å². The number of aryl methyl sites for hydroxylation is 1. The van der Waals surface area contributed by atoms with Gasteiger partial charge in [-0.3, -0.25) is 0 Å². The van der Waals surface area contributed by atoms with Gasteiger partial charge in [0.1, 0.15) is 23.0 Å². The average molecular weight is 263 g/mol. The molecule has 0 atom stereocenters. The number of aromatic nitrogens is 1. The van der Waals surface area contributed by atoms with Gasteiger partial charge >= 0.3 is 0 Å². The molecule has 1 N–H and O–H groups in total. The summed E-state index contributed by atoms with van der Waals surface area (Å²) in [5, 5.41) is 12.8. The third-order valence-corrected chi connectivity index (χ3v) is 2.79. The zero-order valence-corrected chi connectivity index (χ0v) is 11.0. The number of nitrogens with zero attached hydrogens (tertiary/aromatic N) is 1. The highest BCUT2D eigenvalue weighted by atomic mass is 16.5. The number of rotatable bonds is 6. The van der Waals surface area contributed by atoms with Crippen molar-refractivity contribution in [3.05, 3.63) is 30.0 Å². The Bertz CT molecular complexity index is 514. The quantitative estimate of drug-likeness (QED) is 0.866. The number of methoxy groups -OCH3 is 2. The molecule has 0 aliphatic heterocycles. The van der Waals surface area contributed by atoms with Gasteiger partial charge < -0.3 is 19.1 Å². The van der Waals surface area contributed by atoms with Crippen molar-refractivity contribution in [1.29, 1.82) is 0 Å². The van der Waals surface area contributed by atoms with Crippen LogP contribution < -0.4 is 9.47 Å². The lowest BCUT2D eigenvalue weighted by molar-refractivity contribution is 0.280. The van der Waals surface area contributed by atoms with Crippen molar-refractivity contribution in [3.8, 4) is 22.8 Å². The SMILES string of the molecule is COc1cc(OC)cc(-c2cc(CCCO)on2)c1. The number of hydrogen-bond acceptors (Lipinski definition) is 5. The van der Waals surface area contributed by atoms with Gasteiger partial charge in [-0.25, -0.2) is 0 Å². The van der Waals surface area contributed by atoms with Crippen LogP contribution >= 0.6 is 0 Å². The van der Waals surface area contributed by atoms with E-state index in [9.17, 15) is 0 Å². The van der Waals surface area contributed by atoms with Crippen LogP contribution in [-0.4, -0.2) is 31.1 Å². The van der Waals surface area contributed by atoms with Crippen LogP contribution in [0, 0.1) is 0 Å². The zero-order chi connectivity index (χ0) is 13.7. The molecular weight excluding hydrogens is 246 g/mol. The van der Waals surface area contributed by atoms with Crippen molar-refractivity contribution in [2.45, 2.75) is 12.8 Å². The fraction of sp³-hybridized carbons (Fsp3) is 0.357. The lowest BCUT2D eigenvalue weighted by Gasteiger charge is -2.06. The van der Waals surface area contributed by atoms with Gasteiger partial charge in [0, 0.05) is 30.7 Å². The minimum Gasteiger partial charge on any atom is -0.497 e. The minimum atomic E-state index is 0.142. The molecule has 19 heavy (non-hydrogen) atoms. The van der Waals surface area contributed by atoms with Crippen molar-refractivity contribution in [2.75, 3.05) is 20.8 Å². The Labute approximate surface area is 111 Å². The first kappa shape index (κ1) is 13.4. The molecule has 0 spiro atoms. The van der Waals surface area contributed by atoms with E-state index in [0.29, 0.717) is 24.3 Å². The summed E-state index contributed by atoms with van der Waals surface area (Å²) in [6.45, 7) is 0.142. The summed E-state index contributed by atoms with van der Waals surface area (Å²) < 4.78 is 15.7. The second-order valence-electron chi connectivity index (χ2n) is 4.11. The molecule has 0 saturated heterocycles. The van der Waals surface area contributed by atoms with Gasteiger partial charge in [0.2, 0.25) is 0 Å². The van der Waals surface area contributed by atoms with Crippen LogP contribution in [0.5, 0.6) is 11.5 Å². The molecule has 5 heteroatoms. The van der Waals surface area contributed by atoms with Crippen molar-refractivity contribution in [1.82, 2.24) is 5.16 Å². The maximum absolute atomic E-state index is 8.79. The van der Waals surface area contributed by atoms with E-state index in [2.05, 4.69) is 5.16 Å². The van der Waals surface area contributed by atoms with Crippen molar-refractivity contribution >= 4 is 0 Å². The normalized spacial score (nSPS) is 10.5. The van der Waals surface area contributed by atoms with Gasteiger partial charge in [-0.05, 0) is 18.6 Å². The molecule has 1 aromatic carbocycles. The van der Waals surface area contributed by atoms with Gasteiger partial charge in [0.05, 0.1) is 14.2 Å². The summed E-state index contributed by atoms with van der Waals surface area (Å²) in [5.41, 5.74) is 1.60. The molecule has 0 saturated carbocycles. The molecule has 0 radical (unpaired) electrons. The molecule has 1 heterocycles. The molecular formula is C14H17NO4. The number of aliphatic hydroxyl groups excluding tert-OH is 1. The van der Waals surface area contributed by atoms with E-state index in [1.165, 1.54) is 0 Å². The zero-order valence-electron chi connectivity index (χ0n) is 11.0. The summed E-state index contributed by atoms with van der Waals surface area (Å²) in [6, 6.07) is 7.41. The monoisotopic (exact) mass is 263 g/mol. The summed E-state index contributed by atoms with van der Waals surface area (Å²) in [6.07, 6.45) is 1.33. The predicted molar refractivity (Wildman–Crippen MR) is 70.4 cm³/mol. The van der Waals surface area contributed by atoms with Gasteiger partial charge in [-0.2, -0.15) is 0 Å². The second kappa shape index (κ2) is 6.24. The molecule has 102 valence electrons. The Kier molecular flexibility index (Phi) is 4.41. The highest BCUT2D eigenvalue weighted by molar-refractivity contribution is 5.63. The summed E-state index contributed by atoms with van der Waals surface area (Å²) in [4.78, 5) is 0. The summed E-state index contributed by atoms with van der Waals surface area (Å²) >= 11 is 0. The number of ether oxygens (including phenoxy) is 2. The van der Waals surface area contributed by atoms with Crippen LogP contribution in [0.4, 0.5) is 0 Å². The largest absolute Gasteiger partial charge is 0.497 e. The fourth-order valence-corrected chi connectivity index (χ4v) is 1.78. The van der Waals surface area contributed by atoms with E-state index >= 15 is 0 Å². The maximum atomic E-state index is 8.79. The third kappa shape index (κ3) is 3.26. The smallest absolute Gasteiger partial charge is 0.137 e. The lowest BCUT2D eigenvalue weighted by Crippen LogP contribution is -1.89. The van der Waals surface area contributed by atoms with Crippen molar-refractivity contribution in [2.24, 2.45) is 0 Å². The molecule has 0 fully saturated rings. The van der Waals surface area contributed by atoms with E-state index in [-0.39, 0.29) is 6.61 Å². The Morgan fingerprint density at radius 1 is 1.11 bits per heavy atom. The van der Waals surface area contributed by atoms with Crippen LogP contribution in [0.1, 0.15) is 12.2 Å². The Balaban J connectivity index is 2.27. The average Bonchev–Trinajstić information content (AvgIpc) is 2.93. The molecule has 2 rings (SSSR count). The maximum Gasteiger partial charge on any atom is 0.137 e. The summed E-state index contributed by atoms with van der Waals surface area (Å²) in [7, 11) is 3.21. The van der Waals surface area contributed by atoms with Crippen molar-refractivity contribution in [3.63, 3.8) is 0 Å². The Morgan fingerprint density at radius 3 is 2.37 bits per heavy atom. The van der Waals surface area contributed by atoms with E-state index in [4.69, 9.17) is 19.1 Å². The van der Waals surface area contributed by atoms with Gasteiger partial charge in [-0.1, -0.05) is 5.16 Å². The molecule has 2 aromatic rings. The summed E-state index contributed by atoms with van der Waals surface area (Å²) in [5.74, 6) is 2.16. The number of benzene rings is 1. The molecule has 0 amide bonds. The third-order valence-electron chi connectivity index (χ3n) is 2.79. The van der Waals surface area contributed by atoms with Gasteiger partial charge in [0.15, 0.2) is 0 Å². The van der Waals surface area contributed by atoms with E-state index in [0.717, 1.165) is 17.0 Å². The van der Waals surface area contributed by atoms with Crippen LogP contribution in [0.3, 0.4) is 0 Å². The van der Waals surface area contributed by atoms with Crippen LogP contribution in [0.15, 0.2) is 28.8 Å². The van der Waals surface area contributed by atoms with Crippen molar-refractivity contribution < 1.29 is 19.1 Å². The molecule has 0 unspecified atom stereocenters. The van der Waals surface area contributed by atoms with Crippen LogP contribution in [-0.2, 0) is 6.42 Å². The van der Waals surface area contributed by atoms with Gasteiger partial charge in [0.25, 0.3) is 0 Å². The van der Waals surface area contributed by atoms with Crippen LogP contribution in [0.25, 0.3) is 11.3 Å². The molecule has 0 bridgehead atoms. The first-order valence-corrected chi connectivity index (χ1v) is 6.06. The Morgan fingerprint density at radius 2 is 1.79 bits per heavy atom. The predicted octanol–water partition coefficient (Wildman–Crippen LogP) is 2.28. The number of hydrogen-bond donors (Lipinski definition) is 1. The second-order valence-corrected chi connectivity index (χ2v) is 4.11. The fourth-order valence-electron chi connectivity index (χ4n) is 1.78. The minimum absolute atomic E-state index is 0.142. The topological polar surface area (TPSA) is 64.7 Å². The number of aliphatic hydroxyl groups is 1. The highest BCUT2D eigenvalue weighted by Crippen LogP contribution is 2.29. The van der Waals surface area contributed by atoms with E-state index in [1.54, 1.807) is 20.3 Å². The van der Waals surface area contributed by atoms with E-state index < -0.39 is 0 Å². The molecule has 1 aromatic heterocycles. The molecule has 0 aliphatic carbocycles. The Hall–Kier alpha value is -2.01. The molecule has 0 aliphatic rings. The first-order valence-electron chi connectivity index (χ1n) is 6.06. The first-order chi connectivity index (χ1) is 9.26. The highest BCUT2D eigenvalue weighted by Gasteiger charge is 2.09. The lowest BCUT2D eigenvalue weighted by atomic mass is 10.1. The molecule has 5 nitrogen and oxygen atoms in total.